The normalized spacial score (nSPS) is 23.7. The van der Waals surface area contributed by atoms with Crippen molar-refractivity contribution in [1.29, 1.82) is 0 Å². The minimum atomic E-state index is -0.818. The van der Waals surface area contributed by atoms with E-state index in [4.69, 9.17) is 33.2 Å². The molecule has 0 saturated carbocycles. The molecule has 7 heteroatoms. The standard InChI is InChI=1S/C24H30O7/c1-7-8-30-24(3)14(2)22(15-9-20(25-4)23(27-6)21(10-15)26-5)16-11-18-19(29-13-28-18)12-17(16)31-24/h9-12,14,22H,7-8,13H2,1-6H3. The number of fused-ring (bicyclic) bond motifs is 2. The van der Waals surface area contributed by atoms with E-state index in [1.54, 1.807) is 21.3 Å². The Morgan fingerprint density at radius 2 is 1.58 bits per heavy atom. The summed E-state index contributed by atoms with van der Waals surface area (Å²) in [6.07, 6.45) is 0.897. The van der Waals surface area contributed by atoms with Gasteiger partial charge in [0, 0.05) is 30.4 Å². The van der Waals surface area contributed by atoms with Crippen molar-refractivity contribution >= 4 is 0 Å². The first-order valence-corrected chi connectivity index (χ1v) is 10.5. The Hall–Kier alpha value is -2.80. The van der Waals surface area contributed by atoms with Crippen molar-refractivity contribution in [3.05, 3.63) is 35.4 Å². The van der Waals surface area contributed by atoms with Crippen molar-refractivity contribution in [1.82, 2.24) is 0 Å². The van der Waals surface area contributed by atoms with Gasteiger partial charge in [0.05, 0.1) is 27.9 Å². The van der Waals surface area contributed by atoms with Crippen molar-refractivity contribution in [2.45, 2.75) is 38.9 Å². The average molecular weight is 430 g/mol. The van der Waals surface area contributed by atoms with E-state index in [0.717, 1.165) is 23.3 Å². The third kappa shape index (κ3) is 3.61. The first kappa shape index (κ1) is 21.4. The van der Waals surface area contributed by atoms with Crippen LogP contribution in [0.3, 0.4) is 0 Å². The molecule has 0 radical (unpaired) electrons. The Labute approximate surface area is 183 Å². The molecule has 0 aromatic heterocycles. The summed E-state index contributed by atoms with van der Waals surface area (Å²) < 4.78 is 40.6. The van der Waals surface area contributed by atoms with E-state index < -0.39 is 5.79 Å². The molecule has 2 aliphatic heterocycles. The largest absolute Gasteiger partial charge is 0.493 e. The van der Waals surface area contributed by atoms with E-state index in [9.17, 15) is 0 Å². The van der Waals surface area contributed by atoms with E-state index >= 15 is 0 Å². The van der Waals surface area contributed by atoms with Gasteiger partial charge in [0.15, 0.2) is 23.0 Å². The van der Waals surface area contributed by atoms with Crippen molar-refractivity contribution in [2.24, 2.45) is 5.92 Å². The highest BCUT2D eigenvalue weighted by atomic mass is 16.7. The SMILES string of the molecule is CCCOC1(C)Oc2cc3c(cc2C(c2cc(OC)c(OC)c(OC)c2)C1C)OCO3. The molecule has 2 aliphatic rings. The maximum Gasteiger partial charge on any atom is 0.231 e. The van der Waals surface area contributed by atoms with Crippen LogP contribution in [0.5, 0.6) is 34.5 Å². The van der Waals surface area contributed by atoms with Gasteiger partial charge in [0.2, 0.25) is 18.3 Å². The van der Waals surface area contributed by atoms with Gasteiger partial charge in [0.1, 0.15) is 5.75 Å². The van der Waals surface area contributed by atoms with E-state index in [-0.39, 0.29) is 18.6 Å². The Balaban J connectivity index is 1.89. The molecule has 7 nitrogen and oxygen atoms in total. The second-order valence-corrected chi connectivity index (χ2v) is 7.93. The first-order chi connectivity index (χ1) is 15.0. The van der Waals surface area contributed by atoms with Crippen molar-refractivity contribution in [2.75, 3.05) is 34.7 Å². The van der Waals surface area contributed by atoms with Gasteiger partial charge >= 0.3 is 0 Å². The third-order valence-electron chi connectivity index (χ3n) is 6.12. The van der Waals surface area contributed by atoms with Gasteiger partial charge in [0.25, 0.3) is 0 Å². The summed E-state index contributed by atoms with van der Waals surface area (Å²) in [5.41, 5.74) is 2.01. The lowest BCUT2D eigenvalue weighted by Crippen LogP contribution is -2.48. The summed E-state index contributed by atoms with van der Waals surface area (Å²) in [4.78, 5) is 0. The predicted molar refractivity (Wildman–Crippen MR) is 115 cm³/mol. The molecule has 2 heterocycles. The fourth-order valence-corrected chi connectivity index (χ4v) is 4.37. The van der Waals surface area contributed by atoms with E-state index in [2.05, 4.69) is 13.8 Å². The van der Waals surface area contributed by atoms with Crippen LogP contribution in [0.15, 0.2) is 24.3 Å². The summed E-state index contributed by atoms with van der Waals surface area (Å²) in [7, 11) is 4.84. The topological polar surface area (TPSA) is 64.6 Å². The van der Waals surface area contributed by atoms with Crippen molar-refractivity contribution < 1.29 is 33.2 Å². The fraction of sp³-hybridized carbons (Fsp3) is 0.500. The highest BCUT2D eigenvalue weighted by molar-refractivity contribution is 5.60. The number of benzene rings is 2. The van der Waals surface area contributed by atoms with Crippen LogP contribution in [0.25, 0.3) is 0 Å². The van der Waals surface area contributed by atoms with Gasteiger partial charge in [-0.05, 0) is 30.2 Å². The lowest BCUT2D eigenvalue weighted by atomic mass is 9.75. The molecule has 0 bridgehead atoms. The van der Waals surface area contributed by atoms with Gasteiger partial charge in [-0.2, -0.15) is 0 Å². The molecule has 3 unspecified atom stereocenters. The molecular formula is C24H30O7. The van der Waals surface area contributed by atoms with E-state index in [1.807, 2.05) is 31.2 Å². The Morgan fingerprint density at radius 1 is 0.935 bits per heavy atom. The Morgan fingerprint density at radius 3 is 2.16 bits per heavy atom. The van der Waals surface area contributed by atoms with Gasteiger partial charge in [-0.15, -0.1) is 0 Å². The Kier molecular flexibility index (Phi) is 5.79. The maximum atomic E-state index is 6.42. The molecule has 2 aromatic carbocycles. The molecule has 0 aliphatic carbocycles. The number of methoxy groups -OCH3 is 3. The molecule has 31 heavy (non-hydrogen) atoms. The number of ether oxygens (including phenoxy) is 7. The number of rotatable bonds is 7. The lowest BCUT2D eigenvalue weighted by molar-refractivity contribution is -0.211. The summed E-state index contributed by atoms with van der Waals surface area (Å²) in [6.45, 7) is 7.01. The molecular weight excluding hydrogens is 400 g/mol. The molecule has 168 valence electrons. The minimum Gasteiger partial charge on any atom is -0.493 e. The van der Waals surface area contributed by atoms with Crippen LogP contribution in [0.4, 0.5) is 0 Å². The van der Waals surface area contributed by atoms with Gasteiger partial charge in [-0.25, -0.2) is 0 Å². The fourth-order valence-electron chi connectivity index (χ4n) is 4.37. The van der Waals surface area contributed by atoms with E-state index in [0.29, 0.717) is 35.4 Å². The van der Waals surface area contributed by atoms with E-state index in [1.165, 1.54) is 0 Å². The molecule has 0 N–H and O–H groups in total. The van der Waals surface area contributed by atoms with Crippen molar-refractivity contribution in [3.8, 4) is 34.5 Å². The first-order valence-electron chi connectivity index (χ1n) is 10.5. The predicted octanol–water partition coefficient (Wildman–Crippen LogP) is 4.74. The van der Waals surface area contributed by atoms with Crippen LogP contribution in [0.2, 0.25) is 0 Å². The molecule has 0 amide bonds. The van der Waals surface area contributed by atoms with Crippen LogP contribution in [0.1, 0.15) is 44.2 Å². The molecule has 0 fully saturated rings. The van der Waals surface area contributed by atoms with Gasteiger partial charge in [-0.1, -0.05) is 13.8 Å². The summed E-state index contributed by atoms with van der Waals surface area (Å²) >= 11 is 0. The van der Waals surface area contributed by atoms with Crippen LogP contribution in [0, 0.1) is 5.92 Å². The smallest absolute Gasteiger partial charge is 0.231 e. The monoisotopic (exact) mass is 430 g/mol. The van der Waals surface area contributed by atoms with Crippen LogP contribution in [-0.4, -0.2) is 40.5 Å². The van der Waals surface area contributed by atoms with Crippen LogP contribution < -0.4 is 28.4 Å². The third-order valence-corrected chi connectivity index (χ3v) is 6.12. The van der Waals surface area contributed by atoms with Crippen LogP contribution >= 0.6 is 0 Å². The zero-order valence-electron chi connectivity index (χ0n) is 18.9. The van der Waals surface area contributed by atoms with Gasteiger partial charge < -0.3 is 33.2 Å². The lowest BCUT2D eigenvalue weighted by Gasteiger charge is -2.45. The minimum absolute atomic E-state index is 0.0188. The second-order valence-electron chi connectivity index (χ2n) is 7.93. The molecule has 3 atom stereocenters. The second kappa shape index (κ2) is 8.38. The molecule has 4 rings (SSSR count). The quantitative estimate of drug-likeness (QED) is 0.628. The van der Waals surface area contributed by atoms with Crippen LogP contribution in [-0.2, 0) is 4.74 Å². The number of hydrogen-bond donors (Lipinski definition) is 0. The zero-order chi connectivity index (χ0) is 22.2. The molecule has 0 spiro atoms. The Bertz CT molecular complexity index is 932. The average Bonchev–Trinajstić information content (AvgIpc) is 3.23. The maximum absolute atomic E-state index is 6.42. The number of hydrogen-bond acceptors (Lipinski definition) is 7. The summed E-state index contributed by atoms with van der Waals surface area (Å²) in [5.74, 6) is 2.98. The summed E-state index contributed by atoms with van der Waals surface area (Å²) in [5, 5.41) is 0. The highest BCUT2D eigenvalue weighted by Gasteiger charge is 2.47. The highest BCUT2D eigenvalue weighted by Crippen LogP contribution is 2.54. The van der Waals surface area contributed by atoms with Gasteiger partial charge in [-0.3, -0.25) is 0 Å². The zero-order valence-corrected chi connectivity index (χ0v) is 18.9. The molecule has 0 saturated heterocycles. The molecule has 2 aromatic rings. The van der Waals surface area contributed by atoms with Crippen molar-refractivity contribution in [3.63, 3.8) is 0 Å². The summed E-state index contributed by atoms with van der Waals surface area (Å²) in [6, 6.07) is 7.87.